The number of hydrogen-bond donors (Lipinski definition) is 1. The number of rotatable bonds is 3. The van der Waals surface area contributed by atoms with Crippen molar-refractivity contribution in [3.63, 3.8) is 0 Å². The lowest BCUT2D eigenvalue weighted by Crippen LogP contribution is -2.41. The van der Waals surface area contributed by atoms with E-state index >= 15 is 0 Å². The summed E-state index contributed by atoms with van der Waals surface area (Å²) in [7, 11) is 0. The van der Waals surface area contributed by atoms with E-state index in [4.69, 9.17) is 16.0 Å². The molecule has 0 aliphatic carbocycles. The van der Waals surface area contributed by atoms with E-state index in [0.717, 1.165) is 0 Å². The molecular formula is C15H13ClFN3O3. The first-order valence-corrected chi connectivity index (χ1v) is 7.32. The van der Waals surface area contributed by atoms with Gasteiger partial charge >= 0.3 is 0 Å². The van der Waals surface area contributed by atoms with Gasteiger partial charge in [0.25, 0.3) is 5.91 Å². The van der Waals surface area contributed by atoms with Gasteiger partial charge in [0.2, 0.25) is 5.91 Å². The average Bonchev–Trinajstić information content (AvgIpc) is 3.09. The standard InChI is InChI=1S/C15H13ClFN3O3/c1-8-13(18-7-23-8)14(21)19-12-4-5-20(15(12)22)9-2-3-10(16)11(17)6-9/h2-3,6-7,12H,4-5H2,1H3,(H,19,21)/t12-/m0/s1. The predicted molar refractivity (Wildman–Crippen MR) is 80.9 cm³/mol. The maximum Gasteiger partial charge on any atom is 0.274 e. The molecule has 8 heteroatoms. The van der Waals surface area contributed by atoms with E-state index in [-0.39, 0.29) is 16.6 Å². The molecule has 23 heavy (non-hydrogen) atoms. The van der Waals surface area contributed by atoms with Crippen LogP contribution in [0, 0.1) is 12.7 Å². The van der Waals surface area contributed by atoms with Crippen molar-refractivity contribution in [3.8, 4) is 0 Å². The second kappa shape index (κ2) is 6.00. The number of aryl methyl sites for hydroxylation is 1. The van der Waals surface area contributed by atoms with Crippen LogP contribution in [0.25, 0.3) is 0 Å². The third-order valence-electron chi connectivity index (χ3n) is 3.69. The number of aromatic nitrogens is 1. The highest BCUT2D eigenvalue weighted by atomic mass is 35.5. The van der Waals surface area contributed by atoms with Crippen LogP contribution in [0.4, 0.5) is 10.1 Å². The predicted octanol–water partition coefficient (Wildman–Crippen LogP) is 2.31. The molecular weight excluding hydrogens is 325 g/mol. The van der Waals surface area contributed by atoms with Crippen LogP contribution >= 0.6 is 11.6 Å². The maximum absolute atomic E-state index is 13.5. The molecule has 1 atom stereocenters. The molecule has 1 aromatic carbocycles. The fraction of sp³-hybridized carbons (Fsp3) is 0.267. The lowest BCUT2D eigenvalue weighted by atomic mass is 10.2. The van der Waals surface area contributed by atoms with Crippen LogP contribution in [-0.4, -0.2) is 29.4 Å². The lowest BCUT2D eigenvalue weighted by Gasteiger charge is -2.17. The van der Waals surface area contributed by atoms with Gasteiger partial charge in [-0.3, -0.25) is 9.59 Å². The van der Waals surface area contributed by atoms with Crippen molar-refractivity contribution >= 4 is 29.1 Å². The minimum atomic E-state index is -0.683. The Balaban J connectivity index is 1.73. The first-order valence-electron chi connectivity index (χ1n) is 6.94. The number of carbonyl (C=O) groups excluding carboxylic acids is 2. The third-order valence-corrected chi connectivity index (χ3v) is 3.99. The molecule has 1 saturated heterocycles. The monoisotopic (exact) mass is 337 g/mol. The molecule has 2 amide bonds. The first-order chi connectivity index (χ1) is 11.0. The average molecular weight is 338 g/mol. The first kappa shape index (κ1) is 15.5. The zero-order valence-electron chi connectivity index (χ0n) is 12.2. The van der Waals surface area contributed by atoms with Gasteiger partial charge in [-0.05, 0) is 31.5 Å². The molecule has 2 aromatic rings. The van der Waals surface area contributed by atoms with Gasteiger partial charge in [-0.1, -0.05) is 11.6 Å². The highest BCUT2D eigenvalue weighted by molar-refractivity contribution is 6.30. The van der Waals surface area contributed by atoms with Crippen LogP contribution in [0.15, 0.2) is 29.0 Å². The van der Waals surface area contributed by atoms with Gasteiger partial charge in [0.15, 0.2) is 12.1 Å². The number of oxazole rings is 1. The summed E-state index contributed by atoms with van der Waals surface area (Å²) in [6.07, 6.45) is 1.59. The molecule has 1 aliphatic heterocycles. The van der Waals surface area contributed by atoms with Crippen molar-refractivity contribution in [3.05, 3.63) is 46.9 Å². The quantitative estimate of drug-likeness (QED) is 0.932. The van der Waals surface area contributed by atoms with Crippen molar-refractivity contribution in [2.75, 3.05) is 11.4 Å². The largest absolute Gasteiger partial charge is 0.448 e. The molecule has 1 fully saturated rings. The normalized spacial score (nSPS) is 17.6. The van der Waals surface area contributed by atoms with Crippen molar-refractivity contribution in [2.24, 2.45) is 0 Å². The third kappa shape index (κ3) is 2.92. The molecule has 6 nitrogen and oxygen atoms in total. The second-order valence-electron chi connectivity index (χ2n) is 5.16. The summed E-state index contributed by atoms with van der Waals surface area (Å²) in [6, 6.07) is 3.48. The molecule has 0 radical (unpaired) electrons. The van der Waals surface area contributed by atoms with Crippen molar-refractivity contribution in [2.45, 2.75) is 19.4 Å². The summed E-state index contributed by atoms with van der Waals surface area (Å²) < 4.78 is 18.5. The molecule has 1 aromatic heterocycles. The number of nitrogens with one attached hydrogen (secondary N) is 1. The number of carbonyl (C=O) groups is 2. The van der Waals surface area contributed by atoms with Crippen molar-refractivity contribution in [1.82, 2.24) is 10.3 Å². The Kier molecular flexibility index (Phi) is 4.04. The molecule has 0 bridgehead atoms. The Hall–Kier alpha value is -2.41. The highest BCUT2D eigenvalue weighted by Gasteiger charge is 2.34. The van der Waals surface area contributed by atoms with E-state index in [0.29, 0.717) is 24.4 Å². The second-order valence-corrected chi connectivity index (χ2v) is 5.57. The van der Waals surface area contributed by atoms with Gasteiger partial charge in [0.1, 0.15) is 17.6 Å². The van der Waals surface area contributed by atoms with Gasteiger partial charge in [0.05, 0.1) is 5.02 Å². The van der Waals surface area contributed by atoms with Gasteiger partial charge in [-0.2, -0.15) is 0 Å². The van der Waals surface area contributed by atoms with E-state index in [2.05, 4.69) is 10.3 Å². The van der Waals surface area contributed by atoms with E-state index in [9.17, 15) is 14.0 Å². The highest BCUT2D eigenvalue weighted by Crippen LogP contribution is 2.26. The van der Waals surface area contributed by atoms with Crippen LogP contribution in [0.2, 0.25) is 5.02 Å². The molecule has 0 saturated carbocycles. The van der Waals surface area contributed by atoms with E-state index in [1.165, 1.54) is 23.4 Å². The summed E-state index contributed by atoms with van der Waals surface area (Å²) in [5.74, 6) is -0.993. The molecule has 1 N–H and O–H groups in total. The Morgan fingerprint density at radius 1 is 1.52 bits per heavy atom. The molecule has 2 heterocycles. The fourth-order valence-electron chi connectivity index (χ4n) is 2.47. The summed E-state index contributed by atoms with van der Waals surface area (Å²) in [6.45, 7) is 1.99. The Morgan fingerprint density at radius 2 is 2.30 bits per heavy atom. The Labute approximate surface area is 136 Å². The number of amides is 2. The van der Waals surface area contributed by atoms with Crippen molar-refractivity contribution in [1.29, 1.82) is 0 Å². The maximum atomic E-state index is 13.5. The minimum absolute atomic E-state index is 0.00763. The van der Waals surface area contributed by atoms with Crippen LogP contribution in [-0.2, 0) is 4.79 Å². The summed E-state index contributed by atoms with van der Waals surface area (Å²) in [4.78, 5) is 29.7. The number of anilines is 1. The summed E-state index contributed by atoms with van der Waals surface area (Å²) >= 11 is 5.64. The SMILES string of the molecule is Cc1ocnc1C(=O)N[C@H]1CCN(c2ccc(Cl)c(F)c2)C1=O. The number of hydrogen-bond acceptors (Lipinski definition) is 4. The Morgan fingerprint density at radius 3 is 2.96 bits per heavy atom. The minimum Gasteiger partial charge on any atom is -0.448 e. The van der Waals surface area contributed by atoms with E-state index < -0.39 is 17.8 Å². The summed E-state index contributed by atoms with van der Waals surface area (Å²) in [5, 5.41) is 2.62. The van der Waals surface area contributed by atoms with Crippen LogP contribution in [0.5, 0.6) is 0 Å². The van der Waals surface area contributed by atoms with Gasteiger partial charge in [-0.15, -0.1) is 0 Å². The van der Waals surface area contributed by atoms with E-state index in [1.807, 2.05) is 0 Å². The molecule has 0 spiro atoms. The number of nitrogens with zero attached hydrogens (tertiary/aromatic N) is 2. The van der Waals surface area contributed by atoms with Gasteiger partial charge < -0.3 is 14.6 Å². The molecule has 3 rings (SSSR count). The van der Waals surface area contributed by atoms with Gasteiger partial charge in [0, 0.05) is 12.2 Å². The Bertz CT molecular complexity index is 777. The fourth-order valence-corrected chi connectivity index (χ4v) is 2.59. The molecule has 0 unspecified atom stereocenters. The number of halogens is 2. The smallest absolute Gasteiger partial charge is 0.274 e. The topological polar surface area (TPSA) is 75.4 Å². The molecule has 1 aliphatic rings. The zero-order chi connectivity index (χ0) is 16.6. The number of benzene rings is 1. The van der Waals surface area contributed by atoms with Crippen LogP contribution in [0.1, 0.15) is 22.7 Å². The molecule has 120 valence electrons. The van der Waals surface area contributed by atoms with E-state index in [1.54, 1.807) is 13.0 Å². The lowest BCUT2D eigenvalue weighted by molar-refractivity contribution is -0.118. The van der Waals surface area contributed by atoms with Crippen molar-refractivity contribution < 1.29 is 18.4 Å². The zero-order valence-corrected chi connectivity index (χ0v) is 12.9. The summed E-state index contributed by atoms with van der Waals surface area (Å²) in [5.41, 5.74) is 0.556. The van der Waals surface area contributed by atoms with Gasteiger partial charge in [-0.25, -0.2) is 9.37 Å². The van der Waals surface area contributed by atoms with Crippen LogP contribution < -0.4 is 10.2 Å². The van der Waals surface area contributed by atoms with Crippen LogP contribution in [0.3, 0.4) is 0 Å².